The Morgan fingerprint density at radius 2 is 1.79 bits per heavy atom. The monoisotopic (exact) mass is 396 g/mol. The Labute approximate surface area is 164 Å². The van der Waals surface area contributed by atoms with Crippen LogP contribution in [-0.2, 0) is 11.3 Å². The fourth-order valence-corrected chi connectivity index (χ4v) is 3.02. The minimum Gasteiger partial charge on any atom is -0.345 e. The largest absolute Gasteiger partial charge is 0.345 e. The van der Waals surface area contributed by atoms with Gasteiger partial charge < -0.3 is 9.84 Å². The summed E-state index contributed by atoms with van der Waals surface area (Å²) in [7, 11) is 0. The maximum Gasteiger partial charge on any atom is 0.262 e. The second kappa shape index (κ2) is 7.24. The maximum absolute atomic E-state index is 12.3. The Balaban J connectivity index is 1.37. The lowest BCUT2D eigenvalue weighted by Gasteiger charge is -2.12. The van der Waals surface area contributed by atoms with E-state index >= 15 is 0 Å². The summed E-state index contributed by atoms with van der Waals surface area (Å²) in [6.07, 6.45) is 0. The van der Waals surface area contributed by atoms with Crippen LogP contribution in [0.5, 0.6) is 0 Å². The average Bonchev–Trinajstić information content (AvgIpc) is 3.26. The summed E-state index contributed by atoms with van der Waals surface area (Å²) >= 11 is 5.94. The van der Waals surface area contributed by atoms with E-state index in [2.05, 4.69) is 15.5 Å². The number of aromatic nitrogens is 2. The van der Waals surface area contributed by atoms with Gasteiger partial charge in [0.05, 0.1) is 17.7 Å². The van der Waals surface area contributed by atoms with Gasteiger partial charge in [-0.2, -0.15) is 4.98 Å². The first-order valence-corrected chi connectivity index (χ1v) is 8.71. The van der Waals surface area contributed by atoms with E-state index in [0.717, 1.165) is 4.90 Å². The van der Waals surface area contributed by atoms with Crippen LogP contribution in [0.2, 0.25) is 5.02 Å². The number of amides is 3. The third-order valence-corrected chi connectivity index (χ3v) is 4.40. The Hall–Kier alpha value is -3.52. The molecule has 1 aliphatic heterocycles. The van der Waals surface area contributed by atoms with Gasteiger partial charge in [0.1, 0.15) is 6.54 Å². The summed E-state index contributed by atoms with van der Waals surface area (Å²) in [5.74, 6) is -0.969. The van der Waals surface area contributed by atoms with Crippen LogP contribution in [0, 0.1) is 0 Å². The first kappa shape index (κ1) is 17.9. The first-order chi connectivity index (χ1) is 13.5. The lowest BCUT2D eigenvalue weighted by Crippen LogP contribution is -2.40. The summed E-state index contributed by atoms with van der Waals surface area (Å²) in [5, 5.41) is 6.95. The summed E-state index contributed by atoms with van der Waals surface area (Å²) in [5.41, 5.74) is 1.27. The number of carbonyl (C=O) groups is 3. The maximum atomic E-state index is 12.3. The predicted octanol–water partition coefficient (Wildman–Crippen LogP) is 2.30. The fraction of sp³-hybridized carbons (Fsp3) is 0.105. The van der Waals surface area contributed by atoms with Crippen molar-refractivity contribution in [1.82, 2.24) is 20.4 Å². The average molecular weight is 397 g/mol. The van der Waals surface area contributed by atoms with Gasteiger partial charge in [0.15, 0.2) is 0 Å². The number of nitrogens with zero attached hydrogens (tertiary/aromatic N) is 3. The minimum absolute atomic E-state index is 0.0322. The number of hydrogen-bond donors (Lipinski definition) is 1. The molecule has 8 nitrogen and oxygen atoms in total. The van der Waals surface area contributed by atoms with Gasteiger partial charge in [-0.25, -0.2) is 0 Å². The van der Waals surface area contributed by atoms with Crippen LogP contribution in [0.15, 0.2) is 53.1 Å². The molecule has 0 spiro atoms. The molecule has 1 N–H and O–H groups in total. The highest BCUT2D eigenvalue weighted by molar-refractivity contribution is 6.30. The van der Waals surface area contributed by atoms with Crippen LogP contribution >= 0.6 is 11.6 Å². The number of nitrogens with one attached hydrogen (secondary N) is 1. The zero-order valence-electron chi connectivity index (χ0n) is 14.4. The minimum atomic E-state index is -0.517. The number of carbonyl (C=O) groups excluding carboxylic acids is 3. The summed E-state index contributed by atoms with van der Waals surface area (Å²) in [6, 6.07) is 13.4. The van der Waals surface area contributed by atoms with Crippen LogP contribution in [0.25, 0.3) is 11.4 Å². The smallest absolute Gasteiger partial charge is 0.262 e. The van der Waals surface area contributed by atoms with Gasteiger partial charge in [0.2, 0.25) is 17.6 Å². The highest BCUT2D eigenvalue weighted by Gasteiger charge is 2.36. The molecule has 3 amide bonds. The van der Waals surface area contributed by atoms with E-state index in [1.54, 1.807) is 48.5 Å². The van der Waals surface area contributed by atoms with Gasteiger partial charge in [0, 0.05) is 10.6 Å². The molecule has 9 heteroatoms. The first-order valence-electron chi connectivity index (χ1n) is 8.33. The van der Waals surface area contributed by atoms with E-state index in [0.29, 0.717) is 27.5 Å². The molecule has 0 atom stereocenters. The van der Waals surface area contributed by atoms with Gasteiger partial charge in [-0.15, -0.1) is 0 Å². The van der Waals surface area contributed by atoms with Crippen molar-refractivity contribution in [2.75, 3.05) is 6.54 Å². The quantitative estimate of drug-likeness (QED) is 0.663. The molecule has 1 aromatic heterocycles. The number of imide groups is 1. The molecule has 28 heavy (non-hydrogen) atoms. The van der Waals surface area contributed by atoms with Crippen molar-refractivity contribution in [3.63, 3.8) is 0 Å². The molecule has 4 rings (SSSR count). The van der Waals surface area contributed by atoms with E-state index in [-0.39, 0.29) is 19.0 Å². The molecule has 0 fully saturated rings. The standard InChI is InChI=1S/C19H13ClN4O4/c20-12-5-3-4-11(8-12)17-22-16(28-23-17)9-21-15(25)10-24-18(26)13-6-1-2-7-14(13)19(24)27/h1-8H,9-10H2,(H,21,25). The van der Waals surface area contributed by atoms with Crippen LogP contribution in [0.3, 0.4) is 0 Å². The molecule has 0 radical (unpaired) electrons. The van der Waals surface area contributed by atoms with Gasteiger partial charge in [0.25, 0.3) is 11.8 Å². The van der Waals surface area contributed by atoms with Crippen LogP contribution in [0.1, 0.15) is 26.6 Å². The lowest BCUT2D eigenvalue weighted by atomic mass is 10.1. The summed E-state index contributed by atoms with van der Waals surface area (Å²) in [6.45, 7) is -0.419. The van der Waals surface area contributed by atoms with Crippen LogP contribution in [0.4, 0.5) is 0 Å². The number of benzene rings is 2. The Morgan fingerprint density at radius 3 is 2.46 bits per heavy atom. The summed E-state index contributed by atoms with van der Waals surface area (Å²) < 4.78 is 5.11. The molecule has 140 valence electrons. The Kier molecular flexibility index (Phi) is 4.62. The molecular weight excluding hydrogens is 384 g/mol. The van der Waals surface area contributed by atoms with Crippen molar-refractivity contribution < 1.29 is 18.9 Å². The molecule has 0 saturated heterocycles. The van der Waals surface area contributed by atoms with Crippen LogP contribution < -0.4 is 5.32 Å². The molecule has 0 bridgehead atoms. The second-order valence-corrected chi connectivity index (χ2v) is 6.48. The molecular formula is C19H13ClN4O4. The molecule has 0 aliphatic carbocycles. The highest BCUT2D eigenvalue weighted by atomic mass is 35.5. The predicted molar refractivity (Wildman–Crippen MR) is 98.4 cm³/mol. The van der Waals surface area contributed by atoms with Crippen molar-refractivity contribution in [3.05, 3.63) is 70.6 Å². The molecule has 0 saturated carbocycles. The molecule has 1 aliphatic rings. The summed E-state index contributed by atoms with van der Waals surface area (Å²) in [4.78, 5) is 41.8. The van der Waals surface area contributed by atoms with E-state index in [1.165, 1.54) is 0 Å². The number of hydrogen-bond acceptors (Lipinski definition) is 6. The van der Waals surface area contributed by atoms with Gasteiger partial charge in [-0.3, -0.25) is 19.3 Å². The van der Waals surface area contributed by atoms with Crippen LogP contribution in [-0.4, -0.2) is 39.3 Å². The molecule has 3 aromatic rings. The Bertz CT molecular complexity index is 1060. The third kappa shape index (κ3) is 3.37. The number of fused-ring (bicyclic) bond motifs is 1. The van der Waals surface area contributed by atoms with Gasteiger partial charge >= 0.3 is 0 Å². The molecule has 0 unspecified atom stereocenters. The van der Waals surface area contributed by atoms with Crippen molar-refractivity contribution in [2.45, 2.75) is 6.54 Å². The van der Waals surface area contributed by atoms with Crippen molar-refractivity contribution in [2.24, 2.45) is 0 Å². The second-order valence-electron chi connectivity index (χ2n) is 6.04. The molecule has 2 aromatic carbocycles. The number of rotatable bonds is 5. The van der Waals surface area contributed by atoms with E-state index < -0.39 is 17.7 Å². The topological polar surface area (TPSA) is 105 Å². The molecule has 2 heterocycles. The van der Waals surface area contributed by atoms with Gasteiger partial charge in [-0.05, 0) is 24.3 Å². The Morgan fingerprint density at radius 1 is 1.07 bits per heavy atom. The SMILES string of the molecule is O=C(CN1C(=O)c2ccccc2C1=O)NCc1nc(-c2cccc(Cl)c2)no1. The van der Waals surface area contributed by atoms with E-state index in [1.807, 2.05) is 0 Å². The number of halogens is 1. The van der Waals surface area contributed by atoms with E-state index in [4.69, 9.17) is 16.1 Å². The van der Waals surface area contributed by atoms with Gasteiger partial charge in [-0.1, -0.05) is 41.0 Å². The zero-order valence-corrected chi connectivity index (χ0v) is 15.1. The normalized spacial score (nSPS) is 13.0. The van der Waals surface area contributed by atoms with E-state index in [9.17, 15) is 14.4 Å². The highest BCUT2D eigenvalue weighted by Crippen LogP contribution is 2.22. The van der Waals surface area contributed by atoms with Crippen molar-refractivity contribution in [1.29, 1.82) is 0 Å². The zero-order chi connectivity index (χ0) is 19.7. The lowest BCUT2D eigenvalue weighted by molar-refractivity contribution is -0.121. The van der Waals surface area contributed by atoms with Crippen molar-refractivity contribution in [3.8, 4) is 11.4 Å². The third-order valence-electron chi connectivity index (χ3n) is 4.17. The van der Waals surface area contributed by atoms with Crippen molar-refractivity contribution >= 4 is 29.3 Å². The fourth-order valence-electron chi connectivity index (χ4n) is 2.83.